The minimum Gasteiger partial charge on any atom is -0.383 e. The van der Waals surface area contributed by atoms with Crippen molar-refractivity contribution in [2.24, 2.45) is 0 Å². The van der Waals surface area contributed by atoms with Gasteiger partial charge in [-0.05, 0) is 33.3 Å². The highest BCUT2D eigenvalue weighted by molar-refractivity contribution is 5.88. The fraction of sp³-hybridized carbons (Fsp3) is 0.462. The first-order valence-electron chi connectivity index (χ1n) is 5.12. The molecule has 1 N–H and O–H groups in total. The molecule has 2 heteroatoms. The molecule has 0 bridgehead atoms. The molecule has 0 aliphatic rings. The molecule has 0 unspecified atom stereocenters. The van der Waals surface area contributed by atoms with Crippen LogP contribution in [0.25, 0.3) is 0 Å². The van der Waals surface area contributed by atoms with Crippen molar-refractivity contribution in [3.8, 4) is 0 Å². The van der Waals surface area contributed by atoms with Crippen LogP contribution in [0.4, 0.5) is 0 Å². The third-order valence-electron chi connectivity index (χ3n) is 2.33. The van der Waals surface area contributed by atoms with Crippen molar-refractivity contribution in [3.05, 3.63) is 34.9 Å². The zero-order chi connectivity index (χ0) is 11.6. The number of carbonyl (C=O) groups is 1. The van der Waals surface area contributed by atoms with E-state index in [1.54, 1.807) is 0 Å². The summed E-state index contributed by atoms with van der Waals surface area (Å²) in [5, 5.41) is 9.54. The second-order valence-corrected chi connectivity index (χ2v) is 4.65. The third kappa shape index (κ3) is 3.48. The largest absolute Gasteiger partial charge is 0.383 e. The first kappa shape index (κ1) is 11.9. The van der Waals surface area contributed by atoms with Crippen LogP contribution in [0, 0.1) is 13.8 Å². The number of Topliss-reactive ketones (excluding diaryl/α,β-unsaturated/α-hetero) is 1. The summed E-state index contributed by atoms with van der Waals surface area (Å²) in [5.74, 6) is -0.146. The second kappa shape index (κ2) is 4.15. The number of hydrogen-bond donors (Lipinski definition) is 1. The Morgan fingerprint density at radius 1 is 1.20 bits per heavy atom. The monoisotopic (exact) mass is 206 g/mol. The van der Waals surface area contributed by atoms with Crippen molar-refractivity contribution in [1.29, 1.82) is 0 Å². The molecule has 1 aromatic carbocycles. The highest BCUT2D eigenvalue weighted by atomic mass is 16.3. The Hall–Kier alpha value is -1.15. The number of benzene rings is 1. The molecule has 0 aliphatic carbocycles. The molecule has 0 saturated carbocycles. The number of carbonyl (C=O) groups excluding carboxylic acids is 1. The average molecular weight is 206 g/mol. The van der Waals surface area contributed by atoms with Gasteiger partial charge in [-0.3, -0.25) is 4.79 Å². The summed E-state index contributed by atoms with van der Waals surface area (Å²) >= 11 is 0. The highest BCUT2D eigenvalue weighted by Crippen LogP contribution is 2.13. The molecule has 0 aromatic heterocycles. The van der Waals surface area contributed by atoms with E-state index in [1.807, 2.05) is 26.0 Å². The summed E-state index contributed by atoms with van der Waals surface area (Å²) in [6.07, 6.45) is 0.298. The minimum absolute atomic E-state index is 0.146. The van der Waals surface area contributed by atoms with Crippen LogP contribution >= 0.6 is 0 Å². The molecule has 0 radical (unpaired) electrons. The lowest BCUT2D eigenvalue weighted by Gasteiger charge is -2.15. The third-order valence-corrected chi connectivity index (χ3v) is 2.33. The van der Waals surface area contributed by atoms with Gasteiger partial charge in [0, 0.05) is 6.42 Å². The Morgan fingerprint density at radius 3 is 2.07 bits per heavy atom. The lowest BCUT2D eigenvalue weighted by Crippen LogP contribution is -2.32. The summed E-state index contributed by atoms with van der Waals surface area (Å²) in [7, 11) is 0. The summed E-state index contributed by atoms with van der Waals surface area (Å²) in [6.45, 7) is 7.06. The Bertz CT molecular complexity index is 352. The standard InChI is InChI=1S/C13H18O2/c1-9-5-10(2)7-11(6-9)8-12(14)13(3,4)15/h5-7,15H,8H2,1-4H3. The van der Waals surface area contributed by atoms with Gasteiger partial charge in [0.25, 0.3) is 0 Å². The molecular formula is C13H18O2. The summed E-state index contributed by atoms with van der Waals surface area (Å²) < 4.78 is 0. The molecule has 0 aliphatic heterocycles. The van der Waals surface area contributed by atoms with E-state index < -0.39 is 5.60 Å². The van der Waals surface area contributed by atoms with E-state index in [1.165, 1.54) is 13.8 Å². The fourth-order valence-electron chi connectivity index (χ4n) is 1.57. The molecule has 82 valence electrons. The zero-order valence-corrected chi connectivity index (χ0v) is 9.79. The van der Waals surface area contributed by atoms with Gasteiger partial charge < -0.3 is 5.11 Å². The number of ketones is 1. The highest BCUT2D eigenvalue weighted by Gasteiger charge is 2.23. The Balaban J connectivity index is 2.86. The van der Waals surface area contributed by atoms with Crippen molar-refractivity contribution >= 4 is 5.78 Å². The van der Waals surface area contributed by atoms with Crippen LogP contribution in [-0.4, -0.2) is 16.5 Å². The van der Waals surface area contributed by atoms with Crippen molar-refractivity contribution in [2.75, 3.05) is 0 Å². The van der Waals surface area contributed by atoms with E-state index in [0.29, 0.717) is 6.42 Å². The van der Waals surface area contributed by atoms with Gasteiger partial charge >= 0.3 is 0 Å². The van der Waals surface area contributed by atoms with Crippen LogP contribution in [0.3, 0.4) is 0 Å². The smallest absolute Gasteiger partial charge is 0.168 e. The first-order chi connectivity index (χ1) is 6.79. The maximum absolute atomic E-state index is 11.6. The van der Waals surface area contributed by atoms with Gasteiger partial charge in [-0.1, -0.05) is 29.3 Å². The van der Waals surface area contributed by atoms with Gasteiger partial charge in [0.2, 0.25) is 0 Å². The molecular weight excluding hydrogens is 188 g/mol. The lowest BCUT2D eigenvalue weighted by atomic mass is 9.95. The van der Waals surface area contributed by atoms with E-state index >= 15 is 0 Å². The Labute approximate surface area is 90.9 Å². The quantitative estimate of drug-likeness (QED) is 0.823. The predicted molar refractivity (Wildman–Crippen MR) is 60.9 cm³/mol. The molecule has 0 spiro atoms. The van der Waals surface area contributed by atoms with Crippen molar-refractivity contribution in [2.45, 2.75) is 39.7 Å². The minimum atomic E-state index is -1.24. The number of rotatable bonds is 3. The predicted octanol–water partition coefficient (Wildman–Crippen LogP) is 2.19. The van der Waals surface area contributed by atoms with Crippen LogP contribution in [0.15, 0.2) is 18.2 Å². The van der Waals surface area contributed by atoms with E-state index in [0.717, 1.165) is 16.7 Å². The summed E-state index contributed by atoms with van der Waals surface area (Å²) in [5.41, 5.74) is 2.03. The Kier molecular flexibility index (Phi) is 3.30. The van der Waals surface area contributed by atoms with Crippen molar-refractivity contribution in [3.63, 3.8) is 0 Å². The van der Waals surface area contributed by atoms with Gasteiger partial charge in [0.05, 0.1) is 0 Å². The normalized spacial score (nSPS) is 11.5. The zero-order valence-electron chi connectivity index (χ0n) is 9.79. The SMILES string of the molecule is Cc1cc(C)cc(CC(=O)C(C)(C)O)c1. The van der Waals surface area contributed by atoms with Gasteiger partial charge in [-0.25, -0.2) is 0 Å². The maximum atomic E-state index is 11.6. The Morgan fingerprint density at radius 2 is 1.67 bits per heavy atom. The van der Waals surface area contributed by atoms with Crippen molar-refractivity contribution in [1.82, 2.24) is 0 Å². The molecule has 2 nitrogen and oxygen atoms in total. The number of aryl methyl sites for hydroxylation is 2. The maximum Gasteiger partial charge on any atom is 0.168 e. The number of aliphatic hydroxyl groups is 1. The van der Waals surface area contributed by atoms with Gasteiger partial charge in [0.15, 0.2) is 5.78 Å². The van der Waals surface area contributed by atoms with Gasteiger partial charge in [0.1, 0.15) is 5.60 Å². The summed E-state index contributed by atoms with van der Waals surface area (Å²) in [6, 6.07) is 6.03. The molecule has 0 atom stereocenters. The molecule has 0 saturated heterocycles. The van der Waals surface area contributed by atoms with E-state index in [9.17, 15) is 9.90 Å². The van der Waals surface area contributed by atoms with Crippen LogP contribution < -0.4 is 0 Å². The molecule has 0 amide bonds. The van der Waals surface area contributed by atoms with Crippen LogP contribution in [-0.2, 0) is 11.2 Å². The average Bonchev–Trinajstić information content (AvgIpc) is 1.99. The number of hydrogen-bond acceptors (Lipinski definition) is 2. The molecule has 1 aromatic rings. The van der Waals surface area contributed by atoms with E-state index in [4.69, 9.17) is 0 Å². The van der Waals surface area contributed by atoms with Gasteiger partial charge in [-0.15, -0.1) is 0 Å². The second-order valence-electron chi connectivity index (χ2n) is 4.65. The van der Waals surface area contributed by atoms with E-state index in [-0.39, 0.29) is 5.78 Å². The van der Waals surface area contributed by atoms with Gasteiger partial charge in [-0.2, -0.15) is 0 Å². The molecule has 0 fully saturated rings. The van der Waals surface area contributed by atoms with Crippen LogP contribution in [0.2, 0.25) is 0 Å². The van der Waals surface area contributed by atoms with E-state index in [2.05, 4.69) is 6.07 Å². The first-order valence-corrected chi connectivity index (χ1v) is 5.12. The topological polar surface area (TPSA) is 37.3 Å². The molecule has 1 rings (SSSR count). The molecule has 15 heavy (non-hydrogen) atoms. The van der Waals surface area contributed by atoms with Crippen molar-refractivity contribution < 1.29 is 9.90 Å². The van der Waals surface area contributed by atoms with Crippen LogP contribution in [0.5, 0.6) is 0 Å². The lowest BCUT2D eigenvalue weighted by molar-refractivity contribution is -0.133. The molecule has 0 heterocycles. The summed E-state index contributed by atoms with van der Waals surface area (Å²) in [4.78, 5) is 11.6. The van der Waals surface area contributed by atoms with Crippen LogP contribution in [0.1, 0.15) is 30.5 Å². The fourth-order valence-corrected chi connectivity index (χ4v) is 1.57.